The van der Waals surface area contributed by atoms with Crippen LogP contribution in [0.1, 0.15) is 29.3 Å². The Kier molecular flexibility index (Phi) is 5.38. The topological polar surface area (TPSA) is 28.4 Å². The summed E-state index contributed by atoms with van der Waals surface area (Å²) < 4.78 is 2.28. The minimum absolute atomic E-state index is 0.00986. The summed E-state index contributed by atoms with van der Waals surface area (Å²) >= 11 is 18.6. The number of phenolic OH excluding ortho intramolecular Hbond substituents is 1. The quantitative estimate of drug-likeness (QED) is 0.549. The molecule has 1 atom stereocenters. The number of hydrogen-bond donors (Lipinski definition) is 1. The molecule has 6 heteroatoms. The van der Waals surface area contributed by atoms with E-state index in [1.165, 1.54) is 5.69 Å². The molecule has 1 N–H and O–H groups in total. The van der Waals surface area contributed by atoms with Crippen LogP contribution in [0.3, 0.4) is 0 Å². The second-order valence-electron chi connectivity index (χ2n) is 6.80. The maximum Gasteiger partial charge on any atom is 0.120 e. The van der Waals surface area contributed by atoms with Crippen LogP contribution in [-0.2, 0) is 13.1 Å². The molecule has 3 nitrogen and oxygen atoms in total. The van der Waals surface area contributed by atoms with Gasteiger partial charge in [-0.1, -0.05) is 40.9 Å². The van der Waals surface area contributed by atoms with Crippen LogP contribution in [0.4, 0.5) is 0 Å². The number of nitrogens with zero attached hydrogens (tertiary/aromatic N) is 2. The van der Waals surface area contributed by atoms with Crippen molar-refractivity contribution in [2.24, 2.45) is 0 Å². The number of halogens is 3. The van der Waals surface area contributed by atoms with Crippen molar-refractivity contribution in [3.05, 3.63) is 86.6 Å². The van der Waals surface area contributed by atoms with Crippen molar-refractivity contribution in [2.45, 2.75) is 25.6 Å². The van der Waals surface area contributed by atoms with E-state index < -0.39 is 0 Å². The Bertz CT molecular complexity index is 970. The van der Waals surface area contributed by atoms with Gasteiger partial charge in [-0.3, -0.25) is 4.90 Å². The van der Waals surface area contributed by atoms with E-state index in [9.17, 15) is 5.11 Å². The van der Waals surface area contributed by atoms with Gasteiger partial charge in [0.15, 0.2) is 0 Å². The lowest BCUT2D eigenvalue weighted by Crippen LogP contribution is -2.29. The van der Waals surface area contributed by atoms with Gasteiger partial charge in [-0.15, -0.1) is 0 Å². The first-order valence-electron chi connectivity index (χ1n) is 8.84. The highest BCUT2D eigenvalue weighted by Crippen LogP contribution is 2.36. The van der Waals surface area contributed by atoms with Crippen molar-refractivity contribution in [1.29, 1.82) is 0 Å². The predicted molar refractivity (Wildman–Crippen MR) is 111 cm³/mol. The molecule has 140 valence electrons. The van der Waals surface area contributed by atoms with Gasteiger partial charge in [0.05, 0.1) is 16.1 Å². The molecular formula is C21H19Cl3N2O. The third-order valence-electron chi connectivity index (χ3n) is 5.03. The van der Waals surface area contributed by atoms with E-state index in [2.05, 4.69) is 27.8 Å². The fourth-order valence-electron chi connectivity index (χ4n) is 3.77. The largest absolute Gasteiger partial charge is 0.508 e. The van der Waals surface area contributed by atoms with Gasteiger partial charge in [0.25, 0.3) is 0 Å². The summed E-state index contributed by atoms with van der Waals surface area (Å²) in [6, 6.07) is 15.2. The fourth-order valence-corrected chi connectivity index (χ4v) is 4.27. The maximum absolute atomic E-state index is 10.3. The molecule has 0 saturated carbocycles. The van der Waals surface area contributed by atoms with Gasteiger partial charge in [0.2, 0.25) is 0 Å². The number of phenols is 1. The first-order chi connectivity index (χ1) is 13.0. The van der Waals surface area contributed by atoms with Gasteiger partial charge in [0.1, 0.15) is 5.75 Å². The van der Waals surface area contributed by atoms with Crippen molar-refractivity contribution < 1.29 is 5.11 Å². The van der Waals surface area contributed by atoms with Crippen molar-refractivity contribution in [2.75, 3.05) is 6.54 Å². The minimum atomic E-state index is 0.00986. The maximum atomic E-state index is 10.3. The zero-order chi connectivity index (χ0) is 19.0. The van der Waals surface area contributed by atoms with Crippen LogP contribution >= 0.6 is 34.8 Å². The molecule has 0 aliphatic carbocycles. The van der Waals surface area contributed by atoms with Gasteiger partial charge >= 0.3 is 0 Å². The van der Waals surface area contributed by atoms with Crippen molar-refractivity contribution in [3.8, 4) is 5.75 Å². The Balaban J connectivity index is 1.78. The van der Waals surface area contributed by atoms with Crippen molar-refractivity contribution >= 4 is 34.8 Å². The van der Waals surface area contributed by atoms with Crippen LogP contribution in [0.2, 0.25) is 15.1 Å². The molecule has 1 aliphatic heterocycles. The monoisotopic (exact) mass is 420 g/mol. The number of fused-ring (bicyclic) bond motifs is 1. The van der Waals surface area contributed by atoms with Gasteiger partial charge in [-0.05, 0) is 54.4 Å². The fraction of sp³-hybridized carbons (Fsp3) is 0.238. The van der Waals surface area contributed by atoms with Crippen LogP contribution in [0.25, 0.3) is 0 Å². The zero-order valence-electron chi connectivity index (χ0n) is 14.6. The van der Waals surface area contributed by atoms with E-state index in [1.54, 1.807) is 12.1 Å². The Morgan fingerprint density at radius 2 is 1.81 bits per heavy atom. The highest BCUT2D eigenvalue weighted by Gasteiger charge is 2.28. The lowest BCUT2D eigenvalue weighted by atomic mass is 10.0. The number of benzene rings is 2. The van der Waals surface area contributed by atoms with E-state index in [-0.39, 0.29) is 11.8 Å². The van der Waals surface area contributed by atoms with E-state index in [0.29, 0.717) is 21.6 Å². The highest BCUT2D eigenvalue weighted by molar-refractivity contribution is 6.42. The minimum Gasteiger partial charge on any atom is -0.508 e. The van der Waals surface area contributed by atoms with Crippen LogP contribution in [-0.4, -0.2) is 21.1 Å². The van der Waals surface area contributed by atoms with E-state index >= 15 is 0 Å². The molecule has 1 aliphatic rings. The second-order valence-corrected chi connectivity index (χ2v) is 8.05. The molecule has 0 saturated heterocycles. The number of aromatic nitrogens is 1. The molecule has 0 bridgehead atoms. The summed E-state index contributed by atoms with van der Waals surface area (Å²) in [4.78, 5) is 2.35. The molecule has 0 amide bonds. The highest BCUT2D eigenvalue weighted by atomic mass is 35.5. The lowest BCUT2D eigenvalue weighted by molar-refractivity contribution is 0.218. The van der Waals surface area contributed by atoms with Crippen LogP contribution in [0, 0.1) is 0 Å². The van der Waals surface area contributed by atoms with Gasteiger partial charge in [-0.2, -0.15) is 0 Å². The van der Waals surface area contributed by atoms with Gasteiger partial charge in [-0.25, -0.2) is 0 Å². The number of aryl methyl sites for hydroxylation is 1. The molecule has 1 unspecified atom stereocenters. The van der Waals surface area contributed by atoms with Gasteiger partial charge < -0.3 is 9.67 Å². The molecule has 3 aromatic rings. The number of rotatable bonds is 3. The van der Waals surface area contributed by atoms with Crippen LogP contribution in [0.15, 0.2) is 54.7 Å². The second kappa shape index (κ2) is 7.76. The van der Waals surface area contributed by atoms with Gasteiger partial charge in [0, 0.05) is 42.1 Å². The third kappa shape index (κ3) is 3.83. The Hall–Kier alpha value is -1.65. The molecule has 2 aromatic carbocycles. The summed E-state index contributed by atoms with van der Waals surface area (Å²) in [5.41, 5.74) is 3.09. The van der Waals surface area contributed by atoms with E-state index in [0.717, 1.165) is 30.6 Å². The predicted octanol–water partition coefficient (Wildman–Crippen LogP) is 6.15. The molecule has 0 radical (unpaired) electrons. The van der Waals surface area contributed by atoms with E-state index in [1.807, 2.05) is 24.3 Å². The molecule has 0 fully saturated rings. The van der Waals surface area contributed by atoms with Crippen LogP contribution in [0.5, 0.6) is 5.75 Å². The molecule has 0 spiro atoms. The average Bonchev–Trinajstić information content (AvgIpc) is 3.02. The Labute approximate surface area is 173 Å². The SMILES string of the molecule is Oc1ccc(Cl)cc1CN1CCCn2cccc2C1c1ccc(Cl)c(Cl)c1. The summed E-state index contributed by atoms with van der Waals surface area (Å²) in [5, 5.41) is 12.0. The summed E-state index contributed by atoms with van der Waals surface area (Å²) in [6.45, 7) is 2.43. The molecule has 4 rings (SSSR count). The molecule has 27 heavy (non-hydrogen) atoms. The zero-order valence-corrected chi connectivity index (χ0v) is 16.8. The first kappa shape index (κ1) is 18.7. The van der Waals surface area contributed by atoms with Crippen molar-refractivity contribution in [1.82, 2.24) is 9.47 Å². The average molecular weight is 422 g/mol. The molecule has 2 heterocycles. The Morgan fingerprint density at radius 3 is 2.63 bits per heavy atom. The lowest BCUT2D eigenvalue weighted by Gasteiger charge is -2.31. The van der Waals surface area contributed by atoms with Crippen molar-refractivity contribution in [3.63, 3.8) is 0 Å². The number of hydrogen-bond acceptors (Lipinski definition) is 2. The van der Waals surface area contributed by atoms with Crippen LogP contribution < -0.4 is 0 Å². The standard InChI is InChI=1S/C21H19Cl3N2O/c22-16-5-7-20(27)15(11-16)13-26-10-2-9-25-8-1-3-19(25)21(26)14-4-6-17(23)18(24)12-14/h1,3-8,11-12,21,27H,2,9-10,13H2. The number of aromatic hydroxyl groups is 1. The summed E-state index contributed by atoms with van der Waals surface area (Å²) in [5.74, 6) is 0.256. The summed E-state index contributed by atoms with van der Waals surface area (Å²) in [7, 11) is 0. The summed E-state index contributed by atoms with van der Waals surface area (Å²) in [6.07, 6.45) is 3.13. The normalized spacial score (nSPS) is 17.5. The Morgan fingerprint density at radius 1 is 0.963 bits per heavy atom. The molecule has 1 aromatic heterocycles. The smallest absolute Gasteiger partial charge is 0.120 e. The van der Waals surface area contributed by atoms with E-state index in [4.69, 9.17) is 34.8 Å². The third-order valence-corrected chi connectivity index (χ3v) is 6.00. The molecular weight excluding hydrogens is 403 g/mol. The first-order valence-corrected chi connectivity index (χ1v) is 9.98.